The largest absolute Gasteiger partial charge is 0.341 e. The summed E-state index contributed by atoms with van der Waals surface area (Å²) in [7, 11) is 3.40. The summed E-state index contributed by atoms with van der Waals surface area (Å²) in [5.74, 6) is 0.336. The molecular weight excluding hydrogens is 286 g/mol. The van der Waals surface area contributed by atoms with Crippen LogP contribution in [0.25, 0.3) is 10.9 Å². The molecule has 0 aliphatic rings. The van der Waals surface area contributed by atoms with Crippen molar-refractivity contribution in [3.8, 4) is 0 Å². The lowest BCUT2D eigenvalue weighted by Gasteiger charge is -2.19. The zero-order chi connectivity index (χ0) is 15.7. The molecule has 1 aromatic heterocycles. The first kappa shape index (κ1) is 15.4. The Morgan fingerprint density at radius 1 is 1.43 bits per heavy atom. The Labute approximate surface area is 128 Å². The van der Waals surface area contributed by atoms with Gasteiger partial charge in [0.05, 0.1) is 10.9 Å². The standard InChI is InChI=1S/C15H19N3O2S/c1-9(2)8-17(3)13(19)10-5-6-11-12(7-10)16-15(21)18(4)14(11)20/h5-7,9H,8H2,1-4H3,(H,16,21). The van der Waals surface area contributed by atoms with Gasteiger partial charge >= 0.3 is 0 Å². The maximum Gasteiger partial charge on any atom is 0.261 e. The van der Waals surface area contributed by atoms with Gasteiger partial charge in [0.15, 0.2) is 4.77 Å². The van der Waals surface area contributed by atoms with Crippen LogP contribution in [0.2, 0.25) is 0 Å². The second kappa shape index (κ2) is 5.81. The number of carbonyl (C=O) groups is 1. The molecule has 1 heterocycles. The first-order chi connectivity index (χ1) is 9.81. The van der Waals surface area contributed by atoms with E-state index in [2.05, 4.69) is 18.8 Å². The van der Waals surface area contributed by atoms with Gasteiger partial charge < -0.3 is 9.88 Å². The number of fused-ring (bicyclic) bond motifs is 1. The summed E-state index contributed by atoms with van der Waals surface area (Å²) in [6.45, 7) is 4.81. The zero-order valence-electron chi connectivity index (χ0n) is 12.6. The third kappa shape index (κ3) is 3.05. The molecule has 6 heteroatoms. The SMILES string of the molecule is CC(C)CN(C)C(=O)c1ccc2c(=O)n(C)c(=S)[nH]c2c1. The van der Waals surface area contributed by atoms with Crippen molar-refractivity contribution in [2.75, 3.05) is 13.6 Å². The maximum atomic E-state index is 12.4. The number of carbonyl (C=O) groups excluding carboxylic acids is 1. The zero-order valence-corrected chi connectivity index (χ0v) is 13.5. The van der Waals surface area contributed by atoms with E-state index in [1.54, 1.807) is 37.2 Å². The van der Waals surface area contributed by atoms with Crippen LogP contribution in [0.1, 0.15) is 24.2 Å². The molecule has 0 atom stereocenters. The van der Waals surface area contributed by atoms with Crippen LogP contribution in [0.15, 0.2) is 23.0 Å². The molecule has 21 heavy (non-hydrogen) atoms. The molecule has 0 aliphatic heterocycles. The number of nitrogens with zero attached hydrogens (tertiary/aromatic N) is 2. The van der Waals surface area contributed by atoms with Crippen LogP contribution in [0.4, 0.5) is 0 Å². The lowest BCUT2D eigenvalue weighted by Crippen LogP contribution is -2.30. The number of nitrogens with one attached hydrogen (secondary N) is 1. The van der Waals surface area contributed by atoms with E-state index in [-0.39, 0.29) is 11.5 Å². The molecular formula is C15H19N3O2S. The molecule has 5 nitrogen and oxygen atoms in total. The highest BCUT2D eigenvalue weighted by Crippen LogP contribution is 2.13. The molecule has 0 saturated heterocycles. The van der Waals surface area contributed by atoms with E-state index < -0.39 is 0 Å². The van der Waals surface area contributed by atoms with E-state index in [9.17, 15) is 9.59 Å². The highest BCUT2D eigenvalue weighted by molar-refractivity contribution is 7.71. The first-order valence-electron chi connectivity index (χ1n) is 6.79. The van der Waals surface area contributed by atoms with E-state index >= 15 is 0 Å². The second-order valence-corrected chi connectivity index (χ2v) is 6.02. The molecule has 2 aromatic rings. The van der Waals surface area contributed by atoms with Crippen molar-refractivity contribution in [1.82, 2.24) is 14.5 Å². The highest BCUT2D eigenvalue weighted by Gasteiger charge is 2.14. The molecule has 0 unspecified atom stereocenters. The normalized spacial score (nSPS) is 11.1. The van der Waals surface area contributed by atoms with Crippen molar-refractivity contribution >= 4 is 29.0 Å². The molecule has 0 spiro atoms. The Kier molecular flexibility index (Phi) is 4.27. The van der Waals surface area contributed by atoms with Crippen molar-refractivity contribution < 1.29 is 4.79 Å². The number of hydrogen-bond acceptors (Lipinski definition) is 3. The van der Waals surface area contributed by atoms with E-state index in [1.165, 1.54) is 4.57 Å². The fourth-order valence-corrected chi connectivity index (χ4v) is 2.48. The third-order valence-corrected chi connectivity index (χ3v) is 3.71. The summed E-state index contributed by atoms with van der Waals surface area (Å²) < 4.78 is 1.72. The molecule has 1 aromatic carbocycles. The van der Waals surface area contributed by atoms with Gasteiger partial charge in [-0.15, -0.1) is 0 Å². The van der Waals surface area contributed by atoms with Crippen molar-refractivity contribution in [2.24, 2.45) is 13.0 Å². The smallest absolute Gasteiger partial charge is 0.261 e. The molecule has 1 amide bonds. The summed E-state index contributed by atoms with van der Waals surface area (Å²) in [4.78, 5) is 29.1. The average molecular weight is 305 g/mol. The lowest BCUT2D eigenvalue weighted by atomic mass is 10.1. The Morgan fingerprint density at radius 3 is 2.71 bits per heavy atom. The molecule has 0 bridgehead atoms. The van der Waals surface area contributed by atoms with Crippen LogP contribution in [0.3, 0.4) is 0 Å². The van der Waals surface area contributed by atoms with Gasteiger partial charge in [0, 0.05) is 26.2 Å². The predicted octanol–water partition coefficient (Wildman–Crippen LogP) is 2.32. The molecule has 0 fully saturated rings. The summed E-state index contributed by atoms with van der Waals surface area (Å²) in [6, 6.07) is 5.03. The number of aromatic nitrogens is 2. The van der Waals surface area contributed by atoms with Gasteiger partial charge in [-0.25, -0.2) is 0 Å². The van der Waals surface area contributed by atoms with Crippen LogP contribution in [0, 0.1) is 10.7 Å². The molecule has 1 N–H and O–H groups in total. The van der Waals surface area contributed by atoms with Crippen molar-refractivity contribution in [3.63, 3.8) is 0 Å². The second-order valence-electron chi connectivity index (χ2n) is 5.63. The lowest BCUT2D eigenvalue weighted by molar-refractivity contribution is 0.0779. The number of H-pyrrole nitrogens is 1. The fraction of sp³-hybridized carbons (Fsp3) is 0.400. The number of aromatic amines is 1. The van der Waals surface area contributed by atoms with Crippen LogP contribution >= 0.6 is 12.2 Å². The van der Waals surface area contributed by atoms with E-state index in [0.717, 1.165) is 0 Å². The number of rotatable bonds is 3. The minimum Gasteiger partial charge on any atom is -0.341 e. The van der Waals surface area contributed by atoms with Crippen LogP contribution < -0.4 is 5.56 Å². The minimum atomic E-state index is -0.164. The van der Waals surface area contributed by atoms with E-state index in [1.807, 2.05) is 0 Å². The quantitative estimate of drug-likeness (QED) is 0.885. The summed E-state index contributed by atoms with van der Waals surface area (Å²) in [6.07, 6.45) is 0. The Balaban J connectivity index is 2.49. The summed E-state index contributed by atoms with van der Waals surface area (Å²) in [5.41, 5.74) is 0.972. The van der Waals surface area contributed by atoms with Crippen molar-refractivity contribution in [1.29, 1.82) is 0 Å². The van der Waals surface area contributed by atoms with Gasteiger partial charge in [-0.1, -0.05) is 13.8 Å². The van der Waals surface area contributed by atoms with Gasteiger partial charge in [-0.05, 0) is 36.3 Å². The fourth-order valence-electron chi connectivity index (χ4n) is 2.29. The number of benzene rings is 1. The van der Waals surface area contributed by atoms with E-state index in [4.69, 9.17) is 12.2 Å². The van der Waals surface area contributed by atoms with Gasteiger partial charge in [0.2, 0.25) is 0 Å². The number of hydrogen-bond donors (Lipinski definition) is 1. The Morgan fingerprint density at radius 2 is 2.10 bits per heavy atom. The van der Waals surface area contributed by atoms with Crippen LogP contribution in [0.5, 0.6) is 0 Å². The molecule has 112 valence electrons. The van der Waals surface area contributed by atoms with Crippen molar-refractivity contribution in [2.45, 2.75) is 13.8 Å². The predicted molar refractivity (Wildman–Crippen MR) is 86.2 cm³/mol. The first-order valence-corrected chi connectivity index (χ1v) is 7.20. The van der Waals surface area contributed by atoms with Gasteiger partial charge in [-0.3, -0.25) is 14.2 Å². The topological polar surface area (TPSA) is 58.1 Å². The van der Waals surface area contributed by atoms with E-state index in [0.29, 0.717) is 33.7 Å². The maximum absolute atomic E-state index is 12.4. The minimum absolute atomic E-state index is 0.0643. The third-order valence-electron chi connectivity index (χ3n) is 3.33. The Bertz CT molecular complexity index is 805. The average Bonchev–Trinajstić information content (AvgIpc) is 2.42. The summed E-state index contributed by atoms with van der Waals surface area (Å²) in [5, 5.41) is 0.522. The highest BCUT2D eigenvalue weighted by atomic mass is 32.1. The van der Waals surface area contributed by atoms with Crippen LogP contribution in [-0.2, 0) is 7.05 Å². The monoisotopic (exact) mass is 305 g/mol. The molecule has 0 radical (unpaired) electrons. The van der Waals surface area contributed by atoms with Crippen LogP contribution in [-0.4, -0.2) is 34.0 Å². The van der Waals surface area contributed by atoms with Crippen molar-refractivity contribution in [3.05, 3.63) is 38.9 Å². The van der Waals surface area contributed by atoms with Gasteiger partial charge in [0.1, 0.15) is 0 Å². The molecule has 0 saturated carbocycles. The Hall–Kier alpha value is -1.95. The summed E-state index contributed by atoms with van der Waals surface area (Å²) >= 11 is 5.10. The molecule has 2 rings (SSSR count). The molecule has 0 aliphatic carbocycles. The van der Waals surface area contributed by atoms with Gasteiger partial charge in [0.25, 0.3) is 11.5 Å². The number of amides is 1. The van der Waals surface area contributed by atoms with Gasteiger partial charge in [-0.2, -0.15) is 0 Å².